The average Bonchev–Trinajstić information content (AvgIpc) is 1.79. The van der Waals surface area contributed by atoms with Gasteiger partial charge in [-0.25, -0.2) is 0 Å². The summed E-state index contributed by atoms with van der Waals surface area (Å²) in [5.41, 5.74) is 0. The Labute approximate surface area is 110 Å². The largest absolute Gasteiger partial charge is 0.512 e. The van der Waals surface area contributed by atoms with E-state index in [1.807, 2.05) is 0 Å². The Kier molecular flexibility index (Phi) is 15.1. The Bertz CT molecular complexity index is 231. The first-order chi connectivity index (χ1) is 6.25. The summed E-state index contributed by atoms with van der Waals surface area (Å²) in [6.07, 6.45) is 2.33. The first-order valence-corrected chi connectivity index (χ1v) is 4.01. The zero-order valence-electron chi connectivity index (χ0n) is 9.37. The molecule has 0 bridgehead atoms. The fraction of sp³-hybridized carbons (Fsp3) is 0.400. The summed E-state index contributed by atoms with van der Waals surface area (Å²) in [5.74, 6) is -0.125. The maximum atomic E-state index is 10.0. The third-order valence-electron chi connectivity index (χ3n) is 0.824. The van der Waals surface area contributed by atoms with Crippen LogP contribution in [-0.2, 0) is 9.59 Å². The Balaban J connectivity index is -0.000000180. The van der Waals surface area contributed by atoms with Crippen LogP contribution in [0.5, 0.6) is 0 Å². The van der Waals surface area contributed by atoms with Gasteiger partial charge < -0.3 is 10.2 Å². The monoisotopic (exact) mass is 408 g/mol. The Morgan fingerprint density at radius 1 is 0.800 bits per heavy atom. The number of hydrogen-bond donors (Lipinski definition) is 2. The van der Waals surface area contributed by atoms with Gasteiger partial charge in [-0.1, -0.05) is 0 Å². The summed E-state index contributed by atoms with van der Waals surface area (Å²) >= 11 is 0. The SMILES string of the molecule is CC(=O)C=C(C)O.CC(=O)C=C(C)O.[Pb]. The Hall–Kier alpha value is -0.658. The van der Waals surface area contributed by atoms with E-state index in [0.717, 1.165) is 0 Å². The topological polar surface area (TPSA) is 74.6 Å². The van der Waals surface area contributed by atoms with Crippen molar-refractivity contribution in [1.82, 2.24) is 0 Å². The van der Waals surface area contributed by atoms with E-state index in [-0.39, 0.29) is 50.4 Å². The number of ketones is 2. The molecule has 0 spiro atoms. The van der Waals surface area contributed by atoms with Crippen LogP contribution in [-0.4, -0.2) is 49.1 Å². The van der Waals surface area contributed by atoms with E-state index in [1.54, 1.807) is 0 Å². The minimum Gasteiger partial charge on any atom is -0.512 e. The van der Waals surface area contributed by atoms with Crippen LogP contribution < -0.4 is 0 Å². The van der Waals surface area contributed by atoms with Crippen molar-refractivity contribution in [2.24, 2.45) is 0 Å². The molecule has 0 fully saturated rings. The molecule has 0 aliphatic heterocycles. The van der Waals surface area contributed by atoms with Crippen LogP contribution in [0.25, 0.3) is 0 Å². The van der Waals surface area contributed by atoms with Gasteiger partial charge in [-0.3, -0.25) is 9.59 Å². The molecule has 0 saturated carbocycles. The van der Waals surface area contributed by atoms with Gasteiger partial charge in [0.1, 0.15) is 0 Å². The van der Waals surface area contributed by atoms with Crippen LogP contribution in [0, 0.1) is 0 Å². The molecule has 5 heteroatoms. The molecular formula is C10H16O4Pb. The van der Waals surface area contributed by atoms with Gasteiger partial charge in [0.05, 0.1) is 11.5 Å². The molecule has 0 heterocycles. The van der Waals surface area contributed by atoms with Gasteiger partial charge in [0, 0.05) is 39.5 Å². The minimum atomic E-state index is -0.125. The van der Waals surface area contributed by atoms with E-state index in [4.69, 9.17) is 10.2 Å². The second-order valence-electron chi connectivity index (χ2n) is 2.79. The zero-order valence-corrected chi connectivity index (χ0v) is 13.3. The molecule has 15 heavy (non-hydrogen) atoms. The van der Waals surface area contributed by atoms with Gasteiger partial charge in [0.2, 0.25) is 0 Å². The number of carbonyl (C=O) groups excluding carboxylic acids is 2. The van der Waals surface area contributed by atoms with Crippen LogP contribution in [0.2, 0.25) is 0 Å². The molecule has 0 atom stereocenters. The van der Waals surface area contributed by atoms with Crippen LogP contribution >= 0.6 is 0 Å². The Morgan fingerprint density at radius 3 is 1.00 bits per heavy atom. The summed E-state index contributed by atoms with van der Waals surface area (Å²) in [5, 5.41) is 16.7. The fourth-order valence-corrected chi connectivity index (χ4v) is 0.588. The number of allylic oxidation sites excluding steroid dienone is 4. The van der Waals surface area contributed by atoms with Crippen LogP contribution in [0.3, 0.4) is 0 Å². The molecule has 0 unspecified atom stereocenters. The van der Waals surface area contributed by atoms with Crippen molar-refractivity contribution in [2.75, 3.05) is 0 Å². The molecule has 0 aliphatic carbocycles. The van der Waals surface area contributed by atoms with Crippen LogP contribution in [0.1, 0.15) is 27.7 Å². The maximum Gasteiger partial charge on any atom is 0.155 e. The quantitative estimate of drug-likeness (QED) is 0.415. The maximum absolute atomic E-state index is 10.0. The molecule has 84 valence electrons. The molecule has 0 amide bonds. The van der Waals surface area contributed by atoms with Crippen molar-refractivity contribution in [3.05, 3.63) is 23.7 Å². The average molecular weight is 407 g/mol. The molecule has 0 aromatic carbocycles. The third kappa shape index (κ3) is 31.8. The predicted molar refractivity (Wildman–Crippen MR) is 59.9 cm³/mol. The van der Waals surface area contributed by atoms with E-state index in [9.17, 15) is 9.59 Å². The standard InChI is InChI=1S/2C5H8O2.Pb/c2*1-4(6)3-5(2)7;/h2*3,6H,1-2H3;. The van der Waals surface area contributed by atoms with Gasteiger partial charge in [-0.15, -0.1) is 0 Å². The molecule has 0 rings (SSSR count). The fourth-order valence-electron chi connectivity index (χ4n) is 0.588. The van der Waals surface area contributed by atoms with E-state index in [0.29, 0.717) is 0 Å². The van der Waals surface area contributed by atoms with E-state index in [1.165, 1.54) is 39.8 Å². The first-order valence-electron chi connectivity index (χ1n) is 4.01. The summed E-state index contributed by atoms with van der Waals surface area (Å²) in [7, 11) is 0. The molecule has 0 aromatic rings. The molecule has 4 nitrogen and oxygen atoms in total. The van der Waals surface area contributed by atoms with E-state index in [2.05, 4.69) is 0 Å². The number of rotatable bonds is 2. The summed E-state index contributed by atoms with van der Waals surface area (Å²) in [6.45, 7) is 5.70. The zero-order chi connectivity index (χ0) is 11.7. The molecule has 4 radical (unpaired) electrons. The summed E-state index contributed by atoms with van der Waals surface area (Å²) in [4.78, 5) is 20.0. The Morgan fingerprint density at radius 2 is 1.00 bits per heavy atom. The molecule has 2 N–H and O–H groups in total. The minimum absolute atomic E-state index is 0. The van der Waals surface area contributed by atoms with E-state index < -0.39 is 0 Å². The summed E-state index contributed by atoms with van der Waals surface area (Å²) in [6, 6.07) is 0. The number of aliphatic hydroxyl groups is 2. The normalized spacial score (nSPS) is 10.7. The molecule has 0 saturated heterocycles. The summed E-state index contributed by atoms with van der Waals surface area (Å²) < 4.78 is 0. The molecular weight excluding hydrogens is 391 g/mol. The van der Waals surface area contributed by atoms with Crippen molar-refractivity contribution < 1.29 is 19.8 Å². The van der Waals surface area contributed by atoms with Crippen molar-refractivity contribution >= 4 is 38.9 Å². The van der Waals surface area contributed by atoms with Crippen molar-refractivity contribution in [2.45, 2.75) is 27.7 Å². The van der Waals surface area contributed by atoms with Gasteiger partial charge >= 0.3 is 0 Å². The van der Waals surface area contributed by atoms with Crippen molar-refractivity contribution in [3.8, 4) is 0 Å². The van der Waals surface area contributed by atoms with Gasteiger partial charge in [-0.05, 0) is 27.7 Å². The van der Waals surface area contributed by atoms with Crippen molar-refractivity contribution in [1.29, 1.82) is 0 Å². The number of aliphatic hydroxyl groups excluding tert-OH is 2. The van der Waals surface area contributed by atoms with Crippen molar-refractivity contribution in [3.63, 3.8) is 0 Å². The number of hydrogen-bond acceptors (Lipinski definition) is 4. The van der Waals surface area contributed by atoms with E-state index >= 15 is 0 Å². The molecule has 0 aromatic heterocycles. The van der Waals surface area contributed by atoms with Gasteiger partial charge in [0.15, 0.2) is 11.6 Å². The smallest absolute Gasteiger partial charge is 0.155 e. The third-order valence-corrected chi connectivity index (χ3v) is 0.824. The second-order valence-corrected chi connectivity index (χ2v) is 2.79. The van der Waals surface area contributed by atoms with Gasteiger partial charge in [-0.2, -0.15) is 0 Å². The van der Waals surface area contributed by atoms with Gasteiger partial charge in [0.25, 0.3) is 0 Å². The second kappa shape index (κ2) is 11.4. The number of carbonyl (C=O) groups is 2. The predicted octanol–water partition coefficient (Wildman–Crippen LogP) is 1.69. The van der Waals surface area contributed by atoms with Crippen LogP contribution in [0.15, 0.2) is 23.7 Å². The molecule has 0 aliphatic rings. The first kappa shape index (κ1) is 19.8. The van der Waals surface area contributed by atoms with Crippen LogP contribution in [0.4, 0.5) is 0 Å².